The van der Waals surface area contributed by atoms with Gasteiger partial charge in [0.1, 0.15) is 0 Å². The largest absolute Gasteiger partial charge is 0.383 e. The van der Waals surface area contributed by atoms with E-state index in [9.17, 15) is 0 Å². The fraction of sp³-hybridized carbons (Fsp3) is 1.00. The molecule has 0 radical (unpaired) electrons. The van der Waals surface area contributed by atoms with E-state index < -0.39 is 0 Å². The Hall–Kier alpha value is -0.120. The Balaban J connectivity index is 2.35. The topological polar surface area (TPSA) is 24.5 Å². The van der Waals surface area contributed by atoms with E-state index in [0.717, 1.165) is 13.2 Å². The number of methoxy groups -OCH3 is 1. The number of rotatable bonds is 6. The molecule has 0 amide bonds. The van der Waals surface area contributed by atoms with Gasteiger partial charge in [0.15, 0.2) is 0 Å². The Morgan fingerprint density at radius 2 is 2.13 bits per heavy atom. The van der Waals surface area contributed by atoms with Crippen molar-refractivity contribution in [2.24, 2.45) is 0 Å². The number of nitrogens with zero attached hydrogens (tertiary/aromatic N) is 1. The number of nitrogens with one attached hydrogen (secondary N) is 1. The van der Waals surface area contributed by atoms with Gasteiger partial charge >= 0.3 is 0 Å². The zero-order chi connectivity index (χ0) is 11.3. The van der Waals surface area contributed by atoms with Crippen LogP contribution in [0.5, 0.6) is 0 Å². The van der Waals surface area contributed by atoms with Crippen LogP contribution in [0, 0.1) is 0 Å². The van der Waals surface area contributed by atoms with Gasteiger partial charge in [-0.3, -0.25) is 4.90 Å². The van der Waals surface area contributed by atoms with Crippen LogP contribution in [0.1, 0.15) is 33.6 Å². The first-order valence-electron chi connectivity index (χ1n) is 6.13. The Bertz CT molecular complexity index is 173. The van der Waals surface area contributed by atoms with Gasteiger partial charge in [0.25, 0.3) is 0 Å². The Labute approximate surface area is 94.2 Å². The van der Waals surface area contributed by atoms with Gasteiger partial charge in [-0.2, -0.15) is 0 Å². The van der Waals surface area contributed by atoms with Crippen molar-refractivity contribution in [3.05, 3.63) is 0 Å². The SMILES string of the molecule is COCC(C)N1CCCC1CNC(C)C. The van der Waals surface area contributed by atoms with Gasteiger partial charge in [0.2, 0.25) is 0 Å². The molecule has 1 rings (SSSR count). The fourth-order valence-corrected chi connectivity index (χ4v) is 2.37. The van der Waals surface area contributed by atoms with E-state index in [1.807, 2.05) is 0 Å². The maximum Gasteiger partial charge on any atom is 0.0615 e. The Kier molecular flexibility index (Phi) is 5.58. The lowest BCUT2D eigenvalue weighted by molar-refractivity contribution is 0.0904. The van der Waals surface area contributed by atoms with Gasteiger partial charge < -0.3 is 10.1 Å². The maximum atomic E-state index is 5.23. The summed E-state index contributed by atoms with van der Waals surface area (Å²) in [6.07, 6.45) is 2.66. The highest BCUT2D eigenvalue weighted by molar-refractivity contribution is 4.84. The molecule has 0 aromatic carbocycles. The highest BCUT2D eigenvalue weighted by atomic mass is 16.5. The monoisotopic (exact) mass is 214 g/mol. The van der Waals surface area contributed by atoms with Gasteiger partial charge in [-0.25, -0.2) is 0 Å². The van der Waals surface area contributed by atoms with Crippen LogP contribution in [0.2, 0.25) is 0 Å². The molecule has 1 aliphatic heterocycles. The van der Waals surface area contributed by atoms with E-state index in [-0.39, 0.29) is 0 Å². The lowest BCUT2D eigenvalue weighted by Crippen LogP contribution is -2.45. The summed E-state index contributed by atoms with van der Waals surface area (Å²) in [6.45, 7) is 9.87. The van der Waals surface area contributed by atoms with Gasteiger partial charge in [-0.15, -0.1) is 0 Å². The van der Waals surface area contributed by atoms with Crippen LogP contribution in [-0.4, -0.2) is 49.8 Å². The fourth-order valence-electron chi connectivity index (χ4n) is 2.37. The molecule has 2 atom stereocenters. The van der Waals surface area contributed by atoms with Crippen molar-refractivity contribution in [3.8, 4) is 0 Å². The van der Waals surface area contributed by atoms with Gasteiger partial charge in [-0.1, -0.05) is 13.8 Å². The molecule has 1 fully saturated rings. The van der Waals surface area contributed by atoms with Crippen molar-refractivity contribution in [3.63, 3.8) is 0 Å². The number of hydrogen-bond donors (Lipinski definition) is 1. The van der Waals surface area contributed by atoms with Gasteiger partial charge in [-0.05, 0) is 26.3 Å². The van der Waals surface area contributed by atoms with Crippen LogP contribution < -0.4 is 5.32 Å². The lowest BCUT2D eigenvalue weighted by Gasteiger charge is -2.30. The predicted molar refractivity (Wildman–Crippen MR) is 64.2 cm³/mol. The molecule has 2 unspecified atom stereocenters. The molecule has 1 saturated heterocycles. The van der Waals surface area contributed by atoms with Crippen molar-refractivity contribution >= 4 is 0 Å². The van der Waals surface area contributed by atoms with E-state index in [4.69, 9.17) is 4.74 Å². The third-order valence-electron chi connectivity index (χ3n) is 3.16. The predicted octanol–water partition coefficient (Wildman–Crippen LogP) is 1.48. The molecule has 0 aliphatic carbocycles. The van der Waals surface area contributed by atoms with Crippen LogP contribution >= 0.6 is 0 Å². The normalized spacial score (nSPS) is 25.0. The first-order chi connectivity index (χ1) is 7.15. The average Bonchev–Trinajstić information content (AvgIpc) is 2.62. The summed E-state index contributed by atoms with van der Waals surface area (Å²) in [6, 6.07) is 1.85. The minimum atomic E-state index is 0.552. The molecule has 0 aromatic heterocycles. The molecular weight excluding hydrogens is 188 g/mol. The first kappa shape index (κ1) is 12.9. The summed E-state index contributed by atoms with van der Waals surface area (Å²) in [5, 5.41) is 3.53. The second-order valence-corrected chi connectivity index (χ2v) is 4.90. The summed E-state index contributed by atoms with van der Waals surface area (Å²) in [4.78, 5) is 2.58. The third kappa shape index (κ3) is 4.09. The molecule has 0 spiro atoms. The summed E-state index contributed by atoms with van der Waals surface area (Å²) >= 11 is 0. The molecule has 0 aromatic rings. The molecule has 0 saturated carbocycles. The quantitative estimate of drug-likeness (QED) is 0.725. The Morgan fingerprint density at radius 3 is 2.73 bits per heavy atom. The van der Waals surface area contributed by atoms with E-state index in [2.05, 4.69) is 31.0 Å². The molecule has 0 bridgehead atoms. The van der Waals surface area contributed by atoms with Crippen molar-refractivity contribution in [2.45, 2.75) is 51.7 Å². The highest BCUT2D eigenvalue weighted by Gasteiger charge is 2.27. The molecule has 1 N–H and O–H groups in total. The molecule has 3 heteroatoms. The molecular formula is C12H26N2O. The van der Waals surface area contributed by atoms with E-state index in [1.165, 1.54) is 19.4 Å². The molecule has 1 heterocycles. The van der Waals surface area contributed by atoms with Crippen molar-refractivity contribution in [1.29, 1.82) is 0 Å². The first-order valence-corrected chi connectivity index (χ1v) is 6.13. The number of hydrogen-bond acceptors (Lipinski definition) is 3. The molecule has 3 nitrogen and oxygen atoms in total. The summed E-state index contributed by atoms with van der Waals surface area (Å²) in [5.74, 6) is 0. The van der Waals surface area contributed by atoms with Crippen LogP contribution in [0.3, 0.4) is 0 Å². The van der Waals surface area contributed by atoms with E-state index in [1.54, 1.807) is 7.11 Å². The van der Waals surface area contributed by atoms with Crippen molar-refractivity contribution < 1.29 is 4.74 Å². The molecule has 90 valence electrons. The zero-order valence-corrected chi connectivity index (χ0v) is 10.6. The standard InChI is InChI=1S/C12H26N2O/c1-10(2)13-8-12-6-5-7-14(12)11(3)9-15-4/h10-13H,5-9H2,1-4H3. The minimum Gasteiger partial charge on any atom is -0.383 e. The van der Waals surface area contributed by atoms with E-state index >= 15 is 0 Å². The third-order valence-corrected chi connectivity index (χ3v) is 3.16. The van der Waals surface area contributed by atoms with Crippen LogP contribution in [0.4, 0.5) is 0 Å². The van der Waals surface area contributed by atoms with Crippen molar-refractivity contribution in [1.82, 2.24) is 10.2 Å². The zero-order valence-electron chi connectivity index (χ0n) is 10.6. The average molecular weight is 214 g/mol. The highest BCUT2D eigenvalue weighted by Crippen LogP contribution is 2.19. The molecule has 15 heavy (non-hydrogen) atoms. The van der Waals surface area contributed by atoms with Gasteiger partial charge in [0.05, 0.1) is 6.61 Å². The maximum absolute atomic E-state index is 5.23. The van der Waals surface area contributed by atoms with Crippen LogP contribution in [-0.2, 0) is 4.74 Å². The summed E-state index contributed by atoms with van der Waals surface area (Å²) in [5.41, 5.74) is 0. The number of ether oxygens (including phenoxy) is 1. The lowest BCUT2D eigenvalue weighted by atomic mass is 10.2. The summed E-state index contributed by atoms with van der Waals surface area (Å²) < 4.78 is 5.23. The smallest absolute Gasteiger partial charge is 0.0615 e. The minimum absolute atomic E-state index is 0.552. The second-order valence-electron chi connectivity index (χ2n) is 4.90. The van der Waals surface area contributed by atoms with Crippen LogP contribution in [0.25, 0.3) is 0 Å². The molecule has 1 aliphatic rings. The Morgan fingerprint density at radius 1 is 1.40 bits per heavy atom. The van der Waals surface area contributed by atoms with E-state index in [0.29, 0.717) is 18.1 Å². The summed E-state index contributed by atoms with van der Waals surface area (Å²) in [7, 11) is 1.79. The number of likely N-dealkylation sites (tertiary alicyclic amines) is 1. The van der Waals surface area contributed by atoms with Crippen molar-refractivity contribution in [2.75, 3.05) is 26.8 Å². The second kappa shape index (κ2) is 6.46. The van der Waals surface area contributed by atoms with Gasteiger partial charge in [0, 0.05) is 31.8 Å². The van der Waals surface area contributed by atoms with Crippen LogP contribution in [0.15, 0.2) is 0 Å².